The van der Waals surface area contributed by atoms with Gasteiger partial charge < -0.3 is 55.4 Å². The van der Waals surface area contributed by atoms with E-state index < -0.39 is 108 Å². The molecule has 1 heterocycles. The van der Waals surface area contributed by atoms with E-state index in [0.29, 0.717) is 44.9 Å². The number of aliphatic hydroxyl groups is 9. The van der Waals surface area contributed by atoms with Crippen LogP contribution in [0, 0.1) is 50.2 Å². The maximum absolute atomic E-state index is 14.4. The van der Waals surface area contributed by atoms with Gasteiger partial charge in [0, 0.05) is 11.3 Å². The van der Waals surface area contributed by atoms with Crippen molar-refractivity contribution in [3.8, 4) is 0 Å². The van der Waals surface area contributed by atoms with Crippen molar-refractivity contribution < 1.29 is 60.2 Å². The van der Waals surface area contributed by atoms with Crippen molar-refractivity contribution in [3.63, 3.8) is 0 Å². The van der Waals surface area contributed by atoms with E-state index in [0.717, 1.165) is 12.0 Å². The molecule has 1 aliphatic heterocycles. The van der Waals surface area contributed by atoms with E-state index in [4.69, 9.17) is 9.47 Å². The van der Waals surface area contributed by atoms with Crippen molar-refractivity contribution in [2.75, 3.05) is 19.8 Å². The predicted octanol–water partition coefficient (Wildman–Crippen LogP) is 0.379. The van der Waals surface area contributed by atoms with Crippen LogP contribution in [0.2, 0.25) is 0 Å². The maximum Gasteiger partial charge on any atom is 0.315 e. The Morgan fingerprint density at radius 1 is 0.833 bits per heavy atom. The van der Waals surface area contributed by atoms with Crippen molar-refractivity contribution in [1.29, 1.82) is 0 Å². The molecule has 4 saturated carbocycles. The van der Waals surface area contributed by atoms with Gasteiger partial charge in [-0.25, -0.2) is 0 Å². The molecule has 12 nitrogen and oxygen atoms in total. The third-order valence-electron chi connectivity index (χ3n) is 15.5. The summed E-state index contributed by atoms with van der Waals surface area (Å²) in [5.41, 5.74) is -3.27. The molecular formula is C36H58O12. The first kappa shape index (κ1) is 36.6. The highest BCUT2D eigenvalue weighted by Crippen LogP contribution is 2.76. The minimum atomic E-state index is -1.74. The number of fused-ring (bicyclic) bond motifs is 7. The van der Waals surface area contributed by atoms with E-state index in [1.165, 1.54) is 0 Å². The molecule has 1 saturated heterocycles. The molecule has 5 fully saturated rings. The zero-order valence-electron chi connectivity index (χ0n) is 29.0. The lowest BCUT2D eigenvalue weighted by atomic mass is 9.33. The minimum Gasteiger partial charge on any atom is -0.432 e. The first-order valence-electron chi connectivity index (χ1n) is 17.8. The second-order valence-corrected chi connectivity index (χ2v) is 17.7. The number of aliphatic hydroxyl groups excluding tert-OH is 9. The SMILES string of the molecule is CC1(C)CCC2(C(=O)OC3OC(CO)C(O)C(O)C3O)CCC3(C)C(=CCC4C5(C)CC(O)C(O)C(CO)(CO)C5CCC43C)C2C1O. The number of carbonyl (C=O) groups is 1. The number of hydrogen-bond donors (Lipinski definition) is 9. The van der Waals surface area contributed by atoms with E-state index in [1.54, 1.807) is 0 Å². The summed E-state index contributed by atoms with van der Waals surface area (Å²) in [6, 6.07) is 0. The van der Waals surface area contributed by atoms with Crippen LogP contribution in [0.1, 0.15) is 86.0 Å². The molecule has 9 N–H and O–H groups in total. The Balaban J connectivity index is 1.39. The molecule has 6 rings (SSSR count). The lowest BCUT2D eigenvalue weighted by molar-refractivity contribution is -0.298. The number of allylic oxidation sites excluding steroid dienone is 1. The van der Waals surface area contributed by atoms with Crippen LogP contribution < -0.4 is 0 Å². The van der Waals surface area contributed by atoms with E-state index in [9.17, 15) is 50.8 Å². The van der Waals surface area contributed by atoms with Gasteiger partial charge in [-0.2, -0.15) is 0 Å². The van der Waals surface area contributed by atoms with Gasteiger partial charge in [0.15, 0.2) is 0 Å². The van der Waals surface area contributed by atoms with E-state index >= 15 is 0 Å². The Bertz CT molecular complexity index is 1280. The van der Waals surface area contributed by atoms with Crippen LogP contribution in [0.4, 0.5) is 0 Å². The second kappa shape index (κ2) is 11.9. The summed E-state index contributed by atoms with van der Waals surface area (Å²) in [5, 5.41) is 96.6. The molecule has 15 unspecified atom stereocenters. The van der Waals surface area contributed by atoms with Crippen molar-refractivity contribution in [3.05, 3.63) is 11.6 Å². The van der Waals surface area contributed by atoms with Crippen LogP contribution in [0.25, 0.3) is 0 Å². The summed E-state index contributed by atoms with van der Waals surface area (Å²) in [7, 11) is 0. The van der Waals surface area contributed by atoms with Gasteiger partial charge in [0.2, 0.25) is 6.29 Å². The Morgan fingerprint density at radius 3 is 2.10 bits per heavy atom. The second-order valence-electron chi connectivity index (χ2n) is 17.7. The largest absolute Gasteiger partial charge is 0.432 e. The molecule has 5 aliphatic carbocycles. The molecule has 0 aromatic heterocycles. The average Bonchev–Trinajstić information content (AvgIpc) is 3.04. The van der Waals surface area contributed by atoms with Gasteiger partial charge >= 0.3 is 5.97 Å². The highest BCUT2D eigenvalue weighted by atomic mass is 16.7. The van der Waals surface area contributed by atoms with Crippen LogP contribution in [0.3, 0.4) is 0 Å². The number of carbonyl (C=O) groups excluding carboxylic acids is 1. The van der Waals surface area contributed by atoms with Crippen LogP contribution in [0.15, 0.2) is 11.6 Å². The van der Waals surface area contributed by atoms with Crippen LogP contribution >= 0.6 is 0 Å². The van der Waals surface area contributed by atoms with Gasteiger partial charge in [-0.15, -0.1) is 0 Å². The van der Waals surface area contributed by atoms with Crippen molar-refractivity contribution >= 4 is 5.97 Å². The summed E-state index contributed by atoms with van der Waals surface area (Å²) in [6.45, 7) is 9.07. The van der Waals surface area contributed by atoms with Crippen LogP contribution in [-0.4, -0.2) is 121 Å². The van der Waals surface area contributed by atoms with Crippen molar-refractivity contribution in [2.24, 2.45) is 50.2 Å². The van der Waals surface area contributed by atoms with Crippen molar-refractivity contribution in [2.45, 2.75) is 135 Å². The smallest absolute Gasteiger partial charge is 0.315 e. The lowest BCUT2D eigenvalue weighted by Crippen LogP contribution is -2.70. The Labute approximate surface area is 282 Å². The summed E-state index contributed by atoms with van der Waals surface area (Å²) < 4.78 is 11.4. The fourth-order valence-electron chi connectivity index (χ4n) is 12.2. The normalized spacial score (nSPS) is 52.5. The maximum atomic E-state index is 14.4. The fraction of sp³-hybridized carbons (Fsp3) is 0.917. The Hall–Kier alpha value is -1.19. The number of rotatable bonds is 5. The molecule has 48 heavy (non-hydrogen) atoms. The molecule has 12 heteroatoms. The van der Waals surface area contributed by atoms with Crippen molar-refractivity contribution in [1.82, 2.24) is 0 Å². The number of hydrogen-bond acceptors (Lipinski definition) is 12. The third kappa shape index (κ3) is 4.66. The summed E-state index contributed by atoms with van der Waals surface area (Å²) >= 11 is 0. The molecular weight excluding hydrogens is 624 g/mol. The van der Waals surface area contributed by atoms with Crippen LogP contribution in [-0.2, 0) is 14.3 Å². The van der Waals surface area contributed by atoms with Gasteiger partial charge in [-0.1, -0.05) is 46.3 Å². The predicted molar refractivity (Wildman–Crippen MR) is 171 cm³/mol. The monoisotopic (exact) mass is 682 g/mol. The van der Waals surface area contributed by atoms with Crippen LogP contribution in [0.5, 0.6) is 0 Å². The zero-order chi connectivity index (χ0) is 35.4. The average molecular weight is 683 g/mol. The van der Waals surface area contributed by atoms with E-state index in [-0.39, 0.29) is 17.3 Å². The standard InChI is InChI=1S/C36H58O12/c1-31(2)10-12-35(30(46)48-29-26(43)25(42)24(41)20(15-37)47-29)13-11-33(4)18(23(35)28(31)45)6-7-21-32(3)14-19(40)27(44)36(16-38,17-39)22(32)8-9-34(21,33)5/h6,19-29,37-45H,7-17H2,1-5H3. The van der Waals surface area contributed by atoms with Gasteiger partial charge in [-0.3, -0.25) is 4.79 Å². The number of esters is 1. The molecule has 0 radical (unpaired) electrons. The first-order valence-corrected chi connectivity index (χ1v) is 17.8. The molecule has 15 atom stereocenters. The topological polar surface area (TPSA) is 218 Å². The van der Waals surface area contributed by atoms with Gasteiger partial charge in [-0.05, 0) is 84.9 Å². The molecule has 0 spiro atoms. The number of ether oxygens (including phenoxy) is 2. The lowest BCUT2D eigenvalue weighted by Gasteiger charge is -2.72. The first-order chi connectivity index (χ1) is 22.3. The van der Waals surface area contributed by atoms with Gasteiger partial charge in [0.1, 0.15) is 24.4 Å². The Kier molecular flexibility index (Phi) is 9.10. The van der Waals surface area contributed by atoms with E-state index in [1.807, 2.05) is 13.8 Å². The summed E-state index contributed by atoms with van der Waals surface area (Å²) in [4.78, 5) is 14.4. The minimum absolute atomic E-state index is 0.0134. The quantitative estimate of drug-likeness (QED) is 0.142. The fourth-order valence-corrected chi connectivity index (χ4v) is 12.2. The third-order valence-corrected chi connectivity index (χ3v) is 15.5. The summed E-state index contributed by atoms with van der Waals surface area (Å²) in [5.74, 6) is -1.49. The molecule has 0 bridgehead atoms. The highest BCUT2D eigenvalue weighted by Gasteiger charge is 2.72. The van der Waals surface area contributed by atoms with E-state index in [2.05, 4.69) is 26.8 Å². The zero-order valence-corrected chi connectivity index (χ0v) is 29.0. The molecule has 274 valence electrons. The molecule has 0 aromatic carbocycles. The molecule has 0 aromatic rings. The summed E-state index contributed by atoms with van der Waals surface area (Å²) in [6.07, 6.45) is -4.76. The molecule has 6 aliphatic rings. The van der Waals surface area contributed by atoms with Gasteiger partial charge in [0.05, 0.1) is 43.5 Å². The molecule has 0 amide bonds. The van der Waals surface area contributed by atoms with Gasteiger partial charge in [0.25, 0.3) is 0 Å². The highest BCUT2D eigenvalue weighted by molar-refractivity contribution is 5.79. The Morgan fingerprint density at radius 2 is 1.48 bits per heavy atom.